The monoisotopic (exact) mass is 304 g/mol. The lowest BCUT2D eigenvalue weighted by atomic mass is 10.1. The first-order chi connectivity index (χ1) is 11.2. The lowest BCUT2D eigenvalue weighted by Crippen LogP contribution is -2.07. The van der Waals surface area contributed by atoms with Crippen molar-refractivity contribution in [1.29, 1.82) is 0 Å². The quantitative estimate of drug-likeness (QED) is 0.592. The van der Waals surface area contributed by atoms with Gasteiger partial charge in [-0.25, -0.2) is 9.78 Å². The number of hydrogen-bond donors (Lipinski definition) is 2. The van der Waals surface area contributed by atoms with Crippen LogP contribution < -0.4 is 5.32 Å². The first kappa shape index (κ1) is 13.3. The molecule has 0 radical (unpaired) electrons. The van der Waals surface area contributed by atoms with Gasteiger partial charge in [0, 0.05) is 34.7 Å². The summed E-state index contributed by atoms with van der Waals surface area (Å²) in [5.41, 5.74) is 1.48. The molecular formula is C17H12N4O2. The van der Waals surface area contributed by atoms with Crippen molar-refractivity contribution in [1.82, 2.24) is 14.5 Å². The molecule has 0 spiro atoms. The van der Waals surface area contributed by atoms with E-state index in [0.717, 1.165) is 21.7 Å². The maximum atomic E-state index is 11.0. The Balaban J connectivity index is 1.93. The van der Waals surface area contributed by atoms with Crippen LogP contribution in [0.1, 0.15) is 0 Å². The number of hydrogen-bond acceptors (Lipinski definition) is 3. The molecule has 0 fully saturated rings. The van der Waals surface area contributed by atoms with Gasteiger partial charge >= 0.3 is 6.09 Å². The van der Waals surface area contributed by atoms with Crippen LogP contribution >= 0.6 is 0 Å². The minimum Gasteiger partial charge on any atom is -0.465 e. The zero-order chi connectivity index (χ0) is 15.8. The van der Waals surface area contributed by atoms with E-state index in [2.05, 4.69) is 15.3 Å². The van der Waals surface area contributed by atoms with E-state index in [1.807, 2.05) is 35.0 Å². The zero-order valence-electron chi connectivity index (χ0n) is 12.0. The molecule has 0 atom stereocenters. The van der Waals surface area contributed by atoms with Gasteiger partial charge in [-0.3, -0.25) is 14.9 Å². The molecule has 6 nitrogen and oxygen atoms in total. The number of carbonyl (C=O) groups is 1. The molecule has 3 heterocycles. The summed E-state index contributed by atoms with van der Waals surface area (Å²) in [6.07, 6.45) is 6.09. The van der Waals surface area contributed by atoms with E-state index in [1.165, 1.54) is 0 Å². The van der Waals surface area contributed by atoms with Crippen molar-refractivity contribution >= 4 is 33.5 Å². The van der Waals surface area contributed by atoms with Gasteiger partial charge in [-0.2, -0.15) is 0 Å². The SMILES string of the molecule is O=C(O)Nc1cccc2cnc(-n3ccc4ccncc43)cc12. The van der Waals surface area contributed by atoms with Gasteiger partial charge in [0.25, 0.3) is 0 Å². The van der Waals surface area contributed by atoms with Crippen molar-refractivity contribution in [3.63, 3.8) is 0 Å². The van der Waals surface area contributed by atoms with Crippen LogP contribution in [0.25, 0.3) is 27.5 Å². The molecule has 2 N–H and O–H groups in total. The first-order valence-electron chi connectivity index (χ1n) is 7.02. The van der Waals surface area contributed by atoms with Crippen molar-refractivity contribution in [2.75, 3.05) is 5.32 Å². The topological polar surface area (TPSA) is 80.0 Å². The third-order valence-corrected chi connectivity index (χ3v) is 3.73. The number of rotatable bonds is 2. The minimum atomic E-state index is -1.09. The van der Waals surface area contributed by atoms with E-state index in [-0.39, 0.29) is 0 Å². The predicted octanol–water partition coefficient (Wildman–Crippen LogP) is 3.66. The molecule has 0 unspecified atom stereocenters. The molecule has 6 heteroatoms. The molecule has 0 bridgehead atoms. The van der Waals surface area contributed by atoms with Gasteiger partial charge in [0.2, 0.25) is 0 Å². The van der Waals surface area contributed by atoms with Gasteiger partial charge in [0.1, 0.15) is 5.82 Å². The number of pyridine rings is 2. The molecule has 4 rings (SSSR count). The van der Waals surface area contributed by atoms with Crippen LogP contribution in [0, 0.1) is 0 Å². The summed E-state index contributed by atoms with van der Waals surface area (Å²) in [7, 11) is 0. The summed E-state index contributed by atoms with van der Waals surface area (Å²) in [6, 6.07) is 11.2. The van der Waals surface area contributed by atoms with Crippen LogP contribution in [0.5, 0.6) is 0 Å². The highest BCUT2D eigenvalue weighted by atomic mass is 16.4. The Kier molecular flexibility index (Phi) is 2.94. The summed E-state index contributed by atoms with van der Waals surface area (Å²) in [6.45, 7) is 0. The lowest BCUT2D eigenvalue weighted by molar-refractivity contribution is 0.210. The number of carboxylic acid groups (broad SMARTS) is 1. The lowest BCUT2D eigenvalue weighted by Gasteiger charge is -2.09. The second-order valence-electron chi connectivity index (χ2n) is 5.12. The predicted molar refractivity (Wildman–Crippen MR) is 88.0 cm³/mol. The van der Waals surface area contributed by atoms with Crippen molar-refractivity contribution in [3.8, 4) is 5.82 Å². The van der Waals surface area contributed by atoms with Crippen LogP contribution in [-0.4, -0.2) is 25.7 Å². The molecule has 0 aliphatic rings. The highest BCUT2D eigenvalue weighted by Crippen LogP contribution is 2.26. The number of fused-ring (bicyclic) bond motifs is 2. The van der Waals surface area contributed by atoms with E-state index in [1.54, 1.807) is 30.7 Å². The van der Waals surface area contributed by atoms with E-state index >= 15 is 0 Å². The van der Waals surface area contributed by atoms with Crippen LogP contribution in [0.2, 0.25) is 0 Å². The van der Waals surface area contributed by atoms with Crippen LogP contribution in [-0.2, 0) is 0 Å². The summed E-state index contributed by atoms with van der Waals surface area (Å²) in [5.74, 6) is 0.708. The molecule has 23 heavy (non-hydrogen) atoms. The van der Waals surface area contributed by atoms with Crippen LogP contribution in [0.15, 0.2) is 61.2 Å². The average molecular weight is 304 g/mol. The van der Waals surface area contributed by atoms with E-state index < -0.39 is 6.09 Å². The fourth-order valence-electron chi connectivity index (χ4n) is 2.69. The van der Waals surface area contributed by atoms with Crippen molar-refractivity contribution in [3.05, 3.63) is 61.2 Å². The van der Waals surface area contributed by atoms with Crippen LogP contribution in [0.3, 0.4) is 0 Å². The molecule has 3 aromatic heterocycles. The fraction of sp³-hybridized carbons (Fsp3) is 0. The second kappa shape index (κ2) is 5.10. The third kappa shape index (κ3) is 2.26. The number of nitrogens with one attached hydrogen (secondary N) is 1. The van der Waals surface area contributed by atoms with Gasteiger partial charge in [-0.05, 0) is 24.3 Å². The van der Waals surface area contributed by atoms with Crippen molar-refractivity contribution < 1.29 is 9.90 Å². The summed E-state index contributed by atoms with van der Waals surface area (Å²) >= 11 is 0. The van der Waals surface area contributed by atoms with Gasteiger partial charge < -0.3 is 5.11 Å². The molecule has 1 amide bonds. The van der Waals surface area contributed by atoms with Crippen molar-refractivity contribution in [2.45, 2.75) is 0 Å². The number of nitrogens with zero attached hydrogens (tertiary/aromatic N) is 3. The van der Waals surface area contributed by atoms with Gasteiger partial charge in [-0.1, -0.05) is 12.1 Å². The number of anilines is 1. The van der Waals surface area contributed by atoms with Crippen LogP contribution in [0.4, 0.5) is 10.5 Å². The smallest absolute Gasteiger partial charge is 0.409 e. The Hall–Kier alpha value is -3.41. The molecule has 4 aromatic rings. The van der Waals surface area contributed by atoms with E-state index in [9.17, 15) is 4.79 Å². The molecule has 0 aliphatic carbocycles. The highest BCUT2D eigenvalue weighted by Gasteiger charge is 2.08. The Morgan fingerprint density at radius 2 is 2.04 bits per heavy atom. The fourth-order valence-corrected chi connectivity index (χ4v) is 2.69. The number of aromatic nitrogens is 3. The standard InChI is InChI=1S/C17H12N4O2/c22-17(23)20-14-3-1-2-12-9-19-16(8-13(12)14)21-7-5-11-4-6-18-10-15(11)21/h1-10,20H,(H,22,23). The van der Waals surface area contributed by atoms with Gasteiger partial charge in [0.15, 0.2) is 0 Å². The molecule has 1 aromatic carbocycles. The molecule has 112 valence electrons. The summed E-state index contributed by atoms with van der Waals surface area (Å²) in [5, 5.41) is 14.1. The largest absolute Gasteiger partial charge is 0.465 e. The summed E-state index contributed by atoms with van der Waals surface area (Å²) < 4.78 is 1.93. The van der Waals surface area contributed by atoms with E-state index in [4.69, 9.17) is 5.11 Å². The highest BCUT2D eigenvalue weighted by molar-refractivity contribution is 6.00. The Morgan fingerprint density at radius 1 is 1.13 bits per heavy atom. The Labute approximate surface area is 131 Å². The van der Waals surface area contributed by atoms with Gasteiger partial charge in [0.05, 0.1) is 17.4 Å². The molecule has 0 saturated heterocycles. The Morgan fingerprint density at radius 3 is 2.91 bits per heavy atom. The second-order valence-corrected chi connectivity index (χ2v) is 5.12. The average Bonchev–Trinajstić information content (AvgIpc) is 2.98. The normalized spacial score (nSPS) is 11.0. The zero-order valence-corrected chi connectivity index (χ0v) is 12.0. The maximum absolute atomic E-state index is 11.0. The number of benzene rings is 1. The maximum Gasteiger partial charge on any atom is 0.409 e. The molecular weight excluding hydrogens is 292 g/mol. The Bertz CT molecular complexity index is 1040. The molecule has 0 saturated carbocycles. The third-order valence-electron chi connectivity index (χ3n) is 3.73. The first-order valence-corrected chi connectivity index (χ1v) is 7.02. The van der Waals surface area contributed by atoms with Gasteiger partial charge in [-0.15, -0.1) is 0 Å². The minimum absolute atomic E-state index is 0.535. The molecule has 0 aliphatic heterocycles. The summed E-state index contributed by atoms with van der Waals surface area (Å²) in [4.78, 5) is 19.6. The van der Waals surface area contributed by atoms with Crippen molar-refractivity contribution in [2.24, 2.45) is 0 Å². The number of amides is 1. The van der Waals surface area contributed by atoms with E-state index in [0.29, 0.717) is 11.5 Å².